The second kappa shape index (κ2) is 17.8. The van der Waals surface area contributed by atoms with Crippen molar-refractivity contribution in [1.29, 1.82) is 0 Å². The fraction of sp³-hybridized carbons (Fsp3) is 0.100. The first-order chi connectivity index (χ1) is 30.8. The molecule has 330 valence electrons. The summed E-state index contributed by atoms with van der Waals surface area (Å²) in [5.41, 5.74) is 4.35. The molecule has 0 aliphatic rings. The number of nitrogens with zero attached hydrogens (tertiary/aromatic N) is 12. The summed E-state index contributed by atoms with van der Waals surface area (Å²) in [5.74, 6) is 0. The molecule has 21 nitrogen and oxygen atoms in total. The van der Waals surface area contributed by atoms with E-state index in [1.54, 1.807) is 62.4 Å². The monoisotopic (exact) mass is 960 g/mol. The first-order valence-corrected chi connectivity index (χ1v) is 20.1. The highest BCUT2D eigenvalue weighted by atomic mass is 35.5. The molecule has 0 amide bonds. The van der Waals surface area contributed by atoms with Gasteiger partial charge in [-0.05, 0) is 78.5 Å². The van der Waals surface area contributed by atoms with Crippen LogP contribution in [0.25, 0.3) is 50.2 Å². The van der Waals surface area contributed by atoms with Crippen molar-refractivity contribution in [3.05, 3.63) is 185 Å². The number of benzene rings is 6. The number of hydrogen-bond acceptors (Lipinski definition) is 12. The Balaban J connectivity index is 0.000000145. The normalized spacial score (nSPS) is 11.0. The number of hydrogen-bond donors (Lipinski definition) is 0. The van der Waals surface area contributed by atoms with Crippen molar-refractivity contribution in [2.24, 2.45) is 0 Å². The maximum absolute atomic E-state index is 12.5. The highest BCUT2D eigenvalue weighted by Gasteiger charge is 2.31. The molecule has 6 aromatic carbocycles. The SMILES string of the molecule is Cc1cc([N+](=O)[O-])c(C)c2c1nn(-c1ccccc1)[n+]2[O-].Cc1ccc(-n2nc3c(Cl)c(Cl)c([N+](=O)[O-])cc3[n+]2[O-])cc1.Cc1ccc(-n2nc3c(Cl)cc([N+](=O)[O-])c(Cl)c3[n+]2[O-])cc1. The molecule has 0 radical (unpaired) electrons. The van der Waals surface area contributed by atoms with Crippen molar-refractivity contribution in [1.82, 2.24) is 29.7 Å². The summed E-state index contributed by atoms with van der Waals surface area (Å²) in [7, 11) is 0. The second-order valence-electron chi connectivity index (χ2n) is 14.1. The third-order valence-electron chi connectivity index (χ3n) is 9.77. The maximum atomic E-state index is 12.5. The molecule has 9 rings (SSSR count). The van der Waals surface area contributed by atoms with Crippen LogP contribution in [-0.4, -0.2) is 44.5 Å². The molecule has 65 heavy (non-hydrogen) atoms. The molecular weight excluding hydrogens is 934 g/mol. The fourth-order valence-electron chi connectivity index (χ4n) is 6.48. The van der Waals surface area contributed by atoms with Crippen molar-refractivity contribution in [3.63, 3.8) is 0 Å². The van der Waals surface area contributed by atoms with Crippen LogP contribution in [0.4, 0.5) is 17.1 Å². The Kier molecular flexibility index (Phi) is 12.4. The lowest BCUT2D eigenvalue weighted by atomic mass is 10.1. The molecule has 0 saturated carbocycles. The first-order valence-electron chi connectivity index (χ1n) is 18.6. The standard InChI is InChI=1S/C14H12N4O3.2C13H8Cl2N4O3/c1-9-8-12(18(20)21)10(2)14-13(9)15-16(17(14)19)11-6-4-3-5-7-11;1-7-2-4-8(5-3-7)17-16-12-9(14)6-10(19(21)22)11(15)13(12)18(17)20;1-7-2-4-8(5-3-7)17-16-13-10(18(17)20)6-9(19(21)22)11(14)12(13)15/h3-8H,1-2H3;2*2-6H,1H3. The van der Waals surface area contributed by atoms with Gasteiger partial charge in [-0.2, -0.15) is 0 Å². The summed E-state index contributed by atoms with van der Waals surface area (Å²) in [6, 6.07) is 26.6. The number of halogens is 4. The first kappa shape index (κ1) is 45.3. The second-order valence-corrected chi connectivity index (χ2v) is 15.6. The minimum atomic E-state index is -0.698. The zero-order valence-corrected chi connectivity index (χ0v) is 36.8. The van der Waals surface area contributed by atoms with E-state index < -0.39 is 26.1 Å². The van der Waals surface area contributed by atoms with Gasteiger partial charge in [-0.15, -0.1) is 14.5 Å². The van der Waals surface area contributed by atoms with Crippen LogP contribution in [0.3, 0.4) is 0 Å². The Hall–Kier alpha value is -7.72. The number of nitro groups is 3. The van der Waals surface area contributed by atoms with Crippen LogP contribution in [0.2, 0.25) is 20.1 Å². The summed E-state index contributed by atoms with van der Waals surface area (Å²) >= 11 is 23.8. The Morgan fingerprint density at radius 2 is 0.938 bits per heavy atom. The molecule has 0 saturated heterocycles. The molecule has 3 heterocycles. The molecular formula is C40H28Cl4N12O9. The summed E-state index contributed by atoms with van der Waals surface area (Å²) < 4.78 is 0. The van der Waals surface area contributed by atoms with Crippen molar-refractivity contribution in [2.45, 2.75) is 27.7 Å². The number of rotatable bonds is 6. The fourth-order valence-corrected chi connectivity index (χ4v) is 7.44. The van der Waals surface area contributed by atoms with Gasteiger partial charge in [0.15, 0.2) is 5.02 Å². The van der Waals surface area contributed by atoms with E-state index in [4.69, 9.17) is 46.4 Å². The molecule has 0 atom stereocenters. The molecule has 25 heteroatoms. The van der Waals surface area contributed by atoms with Gasteiger partial charge in [-0.25, -0.2) is 0 Å². The Labute approximate surface area is 384 Å². The summed E-state index contributed by atoms with van der Waals surface area (Å²) in [6.45, 7) is 7.09. The minimum absolute atomic E-state index is 0.0124. The van der Waals surface area contributed by atoms with Gasteiger partial charge in [-0.1, -0.05) is 100.0 Å². The number of para-hydroxylation sites is 1. The van der Waals surface area contributed by atoms with Crippen LogP contribution < -0.4 is 14.5 Å². The Morgan fingerprint density at radius 3 is 1.46 bits per heavy atom. The van der Waals surface area contributed by atoms with E-state index in [-0.39, 0.29) is 53.4 Å². The van der Waals surface area contributed by atoms with Gasteiger partial charge in [0.25, 0.3) is 33.6 Å². The van der Waals surface area contributed by atoms with Gasteiger partial charge in [0, 0.05) is 17.7 Å². The molecule has 0 unspecified atom stereocenters. The average Bonchev–Trinajstić information content (AvgIpc) is 3.94. The van der Waals surface area contributed by atoms with E-state index in [0.29, 0.717) is 48.2 Å². The Morgan fingerprint density at radius 1 is 0.492 bits per heavy atom. The van der Waals surface area contributed by atoms with E-state index in [1.165, 1.54) is 10.9 Å². The van der Waals surface area contributed by atoms with Gasteiger partial charge in [0.05, 0.1) is 41.7 Å². The summed E-state index contributed by atoms with van der Waals surface area (Å²) in [6.07, 6.45) is 0. The van der Waals surface area contributed by atoms with Crippen molar-refractivity contribution >= 4 is 96.6 Å². The Bertz CT molecular complexity index is 3370. The number of aromatic nitrogens is 9. The highest BCUT2D eigenvalue weighted by Crippen LogP contribution is 2.37. The van der Waals surface area contributed by atoms with Crippen molar-refractivity contribution in [2.75, 3.05) is 0 Å². The number of fused-ring (bicyclic) bond motifs is 3. The molecule has 0 aliphatic carbocycles. The van der Waals surface area contributed by atoms with E-state index in [9.17, 15) is 46.0 Å². The van der Waals surface area contributed by atoms with Crippen LogP contribution >= 0.6 is 46.4 Å². The van der Waals surface area contributed by atoms with Gasteiger partial charge in [-0.3, -0.25) is 30.3 Å². The average molecular weight is 963 g/mol. The third kappa shape index (κ3) is 8.43. The molecule has 3 aromatic heterocycles. The smallest absolute Gasteiger partial charge is 0.294 e. The lowest BCUT2D eigenvalue weighted by molar-refractivity contribution is -0.665. The van der Waals surface area contributed by atoms with Crippen LogP contribution in [0.1, 0.15) is 22.3 Å². The topological polar surface area (TPSA) is 264 Å². The van der Waals surface area contributed by atoms with Gasteiger partial charge < -0.3 is 15.6 Å². The van der Waals surface area contributed by atoms with Crippen LogP contribution in [-0.2, 0) is 0 Å². The van der Waals surface area contributed by atoms with Crippen LogP contribution in [0, 0.1) is 73.7 Å². The van der Waals surface area contributed by atoms with Crippen molar-refractivity contribution < 1.29 is 29.3 Å². The van der Waals surface area contributed by atoms with Crippen LogP contribution in [0.5, 0.6) is 0 Å². The molecule has 9 aromatic rings. The minimum Gasteiger partial charge on any atom is -0.692 e. The molecule has 0 aliphatic heterocycles. The van der Waals surface area contributed by atoms with Gasteiger partial charge >= 0.3 is 0 Å². The largest absolute Gasteiger partial charge is 0.692 e. The number of nitro benzene ring substituents is 3. The van der Waals surface area contributed by atoms with Gasteiger partial charge in [0.1, 0.15) is 32.1 Å². The van der Waals surface area contributed by atoms with Crippen LogP contribution in [0.15, 0.2) is 97.1 Å². The molecule has 0 N–H and O–H groups in total. The summed E-state index contributed by atoms with van der Waals surface area (Å²) in [5, 5.41) is 82.1. The van der Waals surface area contributed by atoms with E-state index in [0.717, 1.165) is 32.9 Å². The predicted octanol–water partition coefficient (Wildman–Crippen LogP) is 8.55. The zero-order chi connectivity index (χ0) is 47.2. The quantitative estimate of drug-likeness (QED) is 0.0657. The summed E-state index contributed by atoms with van der Waals surface area (Å²) in [4.78, 5) is 35.9. The maximum Gasteiger partial charge on any atom is 0.294 e. The van der Waals surface area contributed by atoms with E-state index in [1.807, 2.05) is 44.2 Å². The third-order valence-corrected chi connectivity index (χ3v) is 11.3. The van der Waals surface area contributed by atoms with E-state index >= 15 is 0 Å². The lowest BCUT2D eigenvalue weighted by Gasteiger charge is -2.05. The van der Waals surface area contributed by atoms with Crippen molar-refractivity contribution in [3.8, 4) is 17.1 Å². The lowest BCUT2D eigenvalue weighted by Crippen LogP contribution is -2.37. The zero-order valence-electron chi connectivity index (χ0n) is 33.8. The predicted molar refractivity (Wildman–Crippen MR) is 239 cm³/mol. The number of aryl methyl sites for hydroxylation is 4. The molecule has 0 spiro atoms. The van der Waals surface area contributed by atoms with E-state index in [2.05, 4.69) is 15.3 Å². The van der Waals surface area contributed by atoms with Gasteiger partial charge in [0.2, 0.25) is 16.6 Å². The molecule has 0 fully saturated rings. The molecule has 0 bridgehead atoms. The highest BCUT2D eigenvalue weighted by molar-refractivity contribution is 6.46.